The predicted octanol–water partition coefficient (Wildman–Crippen LogP) is 3.12. The van der Waals surface area contributed by atoms with E-state index in [0.29, 0.717) is 0 Å². The van der Waals surface area contributed by atoms with Gasteiger partial charge < -0.3 is 9.84 Å². The summed E-state index contributed by atoms with van der Waals surface area (Å²) >= 11 is 0. The van der Waals surface area contributed by atoms with E-state index in [9.17, 15) is 9.90 Å². The van der Waals surface area contributed by atoms with Crippen LogP contribution in [0.15, 0.2) is 18.2 Å². The van der Waals surface area contributed by atoms with Crippen molar-refractivity contribution in [3.8, 4) is 5.75 Å². The summed E-state index contributed by atoms with van der Waals surface area (Å²) in [5.41, 5.74) is 1.86. The van der Waals surface area contributed by atoms with E-state index in [0.717, 1.165) is 36.3 Å². The van der Waals surface area contributed by atoms with E-state index in [1.165, 1.54) is 11.8 Å². The van der Waals surface area contributed by atoms with E-state index in [2.05, 4.69) is 13.8 Å². The van der Waals surface area contributed by atoms with Crippen LogP contribution in [0.2, 0.25) is 0 Å². The molecule has 0 unspecified atom stereocenters. The molecule has 116 valence electrons. The molecular weight excluding hydrogens is 266 g/mol. The standard InChI is InChI=1S/C17H25NO3/c1-5-14(6-2)21-15-7-8-16-13(10-15)9-11(3)17(20)18(16)12(4)19/h7-8,10-11,14,17,20H,5-6,9H2,1-4H3/t11-,17+/m1/s1. The van der Waals surface area contributed by atoms with Crippen LogP contribution in [0.3, 0.4) is 0 Å². The van der Waals surface area contributed by atoms with Crippen molar-refractivity contribution in [2.24, 2.45) is 5.92 Å². The van der Waals surface area contributed by atoms with Crippen LogP contribution in [-0.4, -0.2) is 23.3 Å². The van der Waals surface area contributed by atoms with E-state index in [-0.39, 0.29) is 17.9 Å². The Hall–Kier alpha value is -1.55. The molecule has 2 atom stereocenters. The van der Waals surface area contributed by atoms with Crippen molar-refractivity contribution in [2.75, 3.05) is 4.90 Å². The van der Waals surface area contributed by atoms with Crippen molar-refractivity contribution < 1.29 is 14.6 Å². The molecule has 1 aromatic rings. The molecule has 0 saturated carbocycles. The van der Waals surface area contributed by atoms with Gasteiger partial charge in [0.2, 0.25) is 5.91 Å². The molecule has 0 aromatic heterocycles. The highest BCUT2D eigenvalue weighted by molar-refractivity contribution is 5.93. The maximum Gasteiger partial charge on any atom is 0.225 e. The number of carbonyl (C=O) groups is 1. The molecule has 2 rings (SSSR count). The molecule has 1 N–H and O–H groups in total. The monoisotopic (exact) mass is 291 g/mol. The van der Waals surface area contributed by atoms with Gasteiger partial charge in [0.1, 0.15) is 12.0 Å². The minimum atomic E-state index is -0.749. The molecule has 0 radical (unpaired) electrons. The fourth-order valence-electron chi connectivity index (χ4n) is 2.89. The van der Waals surface area contributed by atoms with Crippen LogP contribution in [0, 0.1) is 5.92 Å². The van der Waals surface area contributed by atoms with E-state index in [1.807, 2.05) is 25.1 Å². The van der Waals surface area contributed by atoms with Crippen LogP contribution in [0.4, 0.5) is 5.69 Å². The highest BCUT2D eigenvalue weighted by atomic mass is 16.5. The number of ether oxygens (including phenoxy) is 1. The molecule has 1 aliphatic heterocycles. The minimum absolute atomic E-state index is 0.0183. The molecule has 1 aromatic carbocycles. The summed E-state index contributed by atoms with van der Waals surface area (Å²) in [6, 6.07) is 5.77. The molecule has 21 heavy (non-hydrogen) atoms. The first kappa shape index (κ1) is 15.8. The van der Waals surface area contributed by atoms with Gasteiger partial charge in [0.05, 0.1) is 6.10 Å². The number of nitrogens with zero attached hydrogens (tertiary/aromatic N) is 1. The Bertz CT molecular complexity index is 511. The smallest absolute Gasteiger partial charge is 0.225 e. The third-order valence-corrected chi connectivity index (χ3v) is 4.18. The largest absolute Gasteiger partial charge is 0.490 e. The first-order valence-electron chi connectivity index (χ1n) is 7.75. The van der Waals surface area contributed by atoms with Gasteiger partial charge in [-0.15, -0.1) is 0 Å². The van der Waals surface area contributed by atoms with Gasteiger partial charge in [-0.25, -0.2) is 0 Å². The zero-order valence-corrected chi connectivity index (χ0v) is 13.3. The maximum atomic E-state index is 11.8. The Kier molecular flexibility index (Phi) is 4.88. The summed E-state index contributed by atoms with van der Waals surface area (Å²) in [5, 5.41) is 10.2. The third kappa shape index (κ3) is 3.21. The third-order valence-electron chi connectivity index (χ3n) is 4.18. The van der Waals surface area contributed by atoms with Gasteiger partial charge in [-0.2, -0.15) is 0 Å². The van der Waals surface area contributed by atoms with Gasteiger partial charge in [0.15, 0.2) is 0 Å². The quantitative estimate of drug-likeness (QED) is 0.927. The average Bonchev–Trinajstić information content (AvgIpc) is 2.45. The lowest BCUT2D eigenvalue weighted by Gasteiger charge is -2.37. The lowest BCUT2D eigenvalue weighted by molar-refractivity contribution is -0.119. The van der Waals surface area contributed by atoms with Crippen LogP contribution in [0.1, 0.15) is 46.1 Å². The molecule has 4 nitrogen and oxygen atoms in total. The minimum Gasteiger partial charge on any atom is -0.490 e. The molecular formula is C17H25NO3. The number of anilines is 1. The number of aliphatic hydroxyl groups is 1. The molecule has 4 heteroatoms. The Labute approximate surface area is 126 Å². The second kappa shape index (κ2) is 6.48. The van der Waals surface area contributed by atoms with Crippen molar-refractivity contribution in [3.63, 3.8) is 0 Å². The molecule has 1 amide bonds. The van der Waals surface area contributed by atoms with Crippen LogP contribution in [0.25, 0.3) is 0 Å². The highest BCUT2D eigenvalue weighted by Gasteiger charge is 2.32. The summed E-state index contributed by atoms with van der Waals surface area (Å²) in [6.45, 7) is 7.67. The Balaban J connectivity index is 2.31. The summed E-state index contributed by atoms with van der Waals surface area (Å²) in [5.74, 6) is 0.725. The summed E-state index contributed by atoms with van der Waals surface area (Å²) in [6.07, 6.45) is 2.17. The number of aliphatic hydroxyl groups excluding tert-OH is 1. The van der Waals surface area contributed by atoms with Gasteiger partial charge in [-0.05, 0) is 43.0 Å². The van der Waals surface area contributed by atoms with Gasteiger partial charge in [-0.3, -0.25) is 9.69 Å². The van der Waals surface area contributed by atoms with Crippen molar-refractivity contribution in [1.29, 1.82) is 0 Å². The molecule has 0 aliphatic carbocycles. The molecule has 1 aliphatic rings. The predicted molar refractivity (Wildman–Crippen MR) is 83.5 cm³/mol. The topological polar surface area (TPSA) is 49.8 Å². The number of hydrogen-bond donors (Lipinski definition) is 1. The zero-order chi connectivity index (χ0) is 15.6. The van der Waals surface area contributed by atoms with Crippen molar-refractivity contribution >= 4 is 11.6 Å². The fourth-order valence-corrected chi connectivity index (χ4v) is 2.89. The van der Waals surface area contributed by atoms with Gasteiger partial charge in [0, 0.05) is 18.5 Å². The SMILES string of the molecule is CCC(CC)Oc1ccc2c(c1)C[C@@H](C)[C@H](O)N2C(C)=O. The summed E-state index contributed by atoms with van der Waals surface area (Å²) in [7, 11) is 0. The molecule has 0 saturated heterocycles. The van der Waals surface area contributed by atoms with E-state index < -0.39 is 6.23 Å². The lowest BCUT2D eigenvalue weighted by Crippen LogP contribution is -2.47. The Morgan fingerprint density at radius 3 is 2.67 bits per heavy atom. The second-order valence-corrected chi connectivity index (χ2v) is 5.83. The number of carbonyl (C=O) groups excluding carboxylic acids is 1. The van der Waals surface area contributed by atoms with Crippen LogP contribution in [-0.2, 0) is 11.2 Å². The van der Waals surface area contributed by atoms with Gasteiger partial charge in [0.25, 0.3) is 0 Å². The number of fused-ring (bicyclic) bond motifs is 1. The maximum absolute atomic E-state index is 11.8. The van der Waals surface area contributed by atoms with Gasteiger partial charge in [-0.1, -0.05) is 20.8 Å². The first-order chi connectivity index (χ1) is 9.97. The molecule has 0 bridgehead atoms. The second-order valence-electron chi connectivity index (χ2n) is 5.83. The number of benzene rings is 1. The Morgan fingerprint density at radius 1 is 1.43 bits per heavy atom. The number of rotatable bonds is 4. The molecule has 0 spiro atoms. The number of amides is 1. The first-order valence-corrected chi connectivity index (χ1v) is 7.75. The van der Waals surface area contributed by atoms with E-state index >= 15 is 0 Å². The fraction of sp³-hybridized carbons (Fsp3) is 0.588. The number of hydrogen-bond acceptors (Lipinski definition) is 3. The highest BCUT2D eigenvalue weighted by Crippen LogP contribution is 2.35. The van der Waals surface area contributed by atoms with Crippen LogP contribution in [0.5, 0.6) is 5.75 Å². The normalized spacial score (nSPS) is 21.3. The summed E-state index contributed by atoms with van der Waals surface area (Å²) < 4.78 is 5.97. The van der Waals surface area contributed by atoms with Crippen molar-refractivity contribution in [2.45, 2.75) is 59.3 Å². The van der Waals surface area contributed by atoms with Crippen LogP contribution >= 0.6 is 0 Å². The van der Waals surface area contributed by atoms with E-state index in [1.54, 1.807) is 0 Å². The molecule has 1 heterocycles. The van der Waals surface area contributed by atoms with E-state index in [4.69, 9.17) is 4.74 Å². The summed E-state index contributed by atoms with van der Waals surface area (Å²) in [4.78, 5) is 13.3. The average molecular weight is 291 g/mol. The van der Waals surface area contributed by atoms with Crippen molar-refractivity contribution in [1.82, 2.24) is 0 Å². The van der Waals surface area contributed by atoms with Crippen LogP contribution < -0.4 is 9.64 Å². The zero-order valence-electron chi connectivity index (χ0n) is 13.3. The lowest BCUT2D eigenvalue weighted by atomic mass is 9.92. The van der Waals surface area contributed by atoms with Crippen molar-refractivity contribution in [3.05, 3.63) is 23.8 Å². The Morgan fingerprint density at radius 2 is 2.10 bits per heavy atom. The molecule has 0 fully saturated rings. The van der Waals surface area contributed by atoms with Gasteiger partial charge >= 0.3 is 0 Å².